The fourth-order valence-corrected chi connectivity index (χ4v) is 2.79. The van der Waals surface area contributed by atoms with E-state index in [0.29, 0.717) is 27.3 Å². The maximum atomic E-state index is 11.8. The fourth-order valence-electron chi connectivity index (χ4n) is 1.69. The molecule has 4 nitrogen and oxygen atoms in total. The molecule has 2 rings (SSSR count). The van der Waals surface area contributed by atoms with Gasteiger partial charge < -0.3 is 4.98 Å². The summed E-state index contributed by atoms with van der Waals surface area (Å²) in [5.74, 6) is 0.645. The number of carbonyl (C=O) groups excluding carboxylic acids is 1. The summed E-state index contributed by atoms with van der Waals surface area (Å²) >= 11 is 1.30. The normalized spacial score (nSPS) is 10.9. The molecule has 0 saturated heterocycles. The van der Waals surface area contributed by atoms with Gasteiger partial charge in [0, 0.05) is 6.42 Å². The van der Waals surface area contributed by atoms with Crippen molar-refractivity contribution in [3.8, 4) is 0 Å². The number of hydrogen-bond acceptors (Lipinski definition) is 4. The van der Waals surface area contributed by atoms with E-state index in [9.17, 15) is 9.59 Å². The topological polar surface area (TPSA) is 62.8 Å². The summed E-state index contributed by atoms with van der Waals surface area (Å²) in [7, 11) is 0. The lowest BCUT2D eigenvalue weighted by molar-refractivity contribution is 0.102. The van der Waals surface area contributed by atoms with Crippen LogP contribution in [0.1, 0.15) is 34.9 Å². The summed E-state index contributed by atoms with van der Waals surface area (Å²) in [4.78, 5) is 31.5. The highest BCUT2D eigenvalue weighted by Gasteiger charge is 2.16. The number of fused-ring (bicyclic) bond motifs is 1. The number of nitrogens with one attached hydrogen (secondary N) is 1. The zero-order valence-electron chi connectivity index (χ0n) is 9.38. The molecular formula is C11H12N2O2S. The average molecular weight is 236 g/mol. The van der Waals surface area contributed by atoms with Gasteiger partial charge in [0.2, 0.25) is 0 Å². The highest BCUT2D eigenvalue weighted by molar-refractivity contribution is 7.20. The van der Waals surface area contributed by atoms with Crippen LogP contribution < -0.4 is 5.56 Å². The van der Waals surface area contributed by atoms with Crippen molar-refractivity contribution in [2.24, 2.45) is 0 Å². The minimum Gasteiger partial charge on any atom is -0.310 e. The number of aryl methyl sites for hydroxylation is 2. The molecule has 2 heterocycles. The monoisotopic (exact) mass is 236 g/mol. The van der Waals surface area contributed by atoms with Crippen molar-refractivity contribution in [1.29, 1.82) is 0 Å². The lowest BCUT2D eigenvalue weighted by Gasteiger charge is -1.95. The number of carbonyl (C=O) groups is 1. The van der Waals surface area contributed by atoms with E-state index in [-0.39, 0.29) is 11.3 Å². The predicted molar refractivity (Wildman–Crippen MR) is 64.4 cm³/mol. The molecule has 2 aromatic heterocycles. The van der Waals surface area contributed by atoms with Crippen LogP contribution in [0.3, 0.4) is 0 Å². The number of rotatable bonds is 2. The van der Waals surface area contributed by atoms with Crippen LogP contribution in [0.25, 0.3) is 10.2 Å². The Kier molecular flexibility index (Phi) is 2.63. The SMILES string of the molecule is CCc1nc2sc(C(C)=O)c(C)c2c(=O)[nH]1. The molecule has 0 aliphatic carbocycles. The largest absolute Gasteiger partial charge is 0.310 e. The van der Waals surface area contributed by atoms with Gasteiger partial charge in [-0.1, -0.05) is 6.92 Å². The first-order valence-electron chi connectivity index (χ1n) is 5.07. The van der Waals surface area contributed by atoms with Crippen molar-refractivity contribution in [1.82, 2.24) is 9.97 Å². The van der Waals surface area contributed by atoms with E-state index in [2.05, 4.69) is 9.97 Å². The number of thiophene rings is 1. The molecule has 0 aromatic carbocycles. The standard InChI is InChI=1S/C11H12N2O2S/c1-4-7-12-10(15)8-5(2)9(6(3)14)16-11(8)13-7/h4H2,1-3H3,(H,12,13,15). The van der Waals surface area contributed by atoms with Gasteiger partial charge in [0.1, 0.15) is 10.7 Å². The molecule has 0 aliphatic heterocycles. The molecular weight excluding hydrogens is 224 g/mol. The Morgan fingerprint density at radius 3 is 2.75 bits per heavy atom. The van der Waals surface area contributed by atoms with Gasteiger partial charge >= 0.3 is 0 Å². The number of Topliss-reactive ketones (excluding diaryl/α,β-unsaturated/α-hetero) is 1. The first kappa shape index (κ1) is 11.0. The van der Waals surface area contributed by atoms with E-state index in [1.54, 1.807) is 6.92 Å². The number of aromatic amines is 1. The number of hydrogen-bond donors (Lipinski definition) is 1. The van der Waals surface area contributed by atoms with Gasteiger partial charge in [-0.25, -0.2) is 4.98 Å². The molecule has 5 heteroatoms. The second-order valence-corrected chi connectivity index (χ2v) is 4.66. The fraction of sp³-hybridized carbons (Fsp3) is 0.364. The predicted octanol–water partition coefficient (Wildman–Crippen LogP) is 2.06. The third kappa shape index (κ3) is 1.57. The molecule has 0 unspecified atom stereocenters. The Hall–Kier alpha value is -1.49. The highest BCUT2D eigenvalue weighted by Crippen LogP contribution is 2.27. The van der Waals surface area contributed by atoms with Gasteiger partial charge in [-0.05, 0) is 19.4 Å². The van der Waals surface area contributed by atoms with Crippen molar-refractivity contribution in [2.75, 3.05) is 0 Å². The van der Waals surface area contributed by atoms with Crippen molar-refractivity contribution in [3.63, 3.8) is 0 Å². The van der Waals surface area contributed by atoms with Gasteiger partial charge in [0.25, 0.3) is 5.56 Å². The van der Waals surface area contributed by atoms with Crippen LogP contribution in [0, 0.1) is 6.92 Å². The molecule has 84 valence electrons. The van der Waals surface area contributed by atoms with E-state index in [0.717, 1.165) is 5.56 Å². The van der Waals surface area contributed by atoms with E-state index < -0.39 is 0 Å². The van der Waals surface area contributed by atoms with Crippen LogP contribution in [0.5, 0.6) is 0 Å². The van der Waals surface area contributed by atoms with Gasteiger partial charge in [0.05, 0.1) is 10.3 Å². The van der Waals surface area contributed by atoms with Crippen LogP contribution in [-0.2, 0) is 6.42 Å². The van der Waals surface area contributed by atoms with Crippen molar-refractivity contribution >= 4 is 27.3 Å². The van der Waals surface area contributed by atoms with E-state index in [1.165, 1.54) is 18.3 Å². The molecule has 2 aromatic rings. The van der Waals surface area contributed by atoms with Crippen molar-refractivity contribution in [3.05, 3.63) is 26.6 Å². The second-order valence-electron chi connectivity index (χ2n) is 3.66. The van der Waals surface area contributed by atoms with Crippen LogP contribution in [0.4, 0.5) is 0 Å². The summed E-state index contributed by atoms with van der Waals surface area (Å²) < 4.78 is 0. The summed E-state index contributed by atoms with van der Waals surface area (Å²) in [6.45, 7) is 5.22. The summed E-state index contributed by atoms with van der Waals surface area (Å²) in [5.41, 5.74) is 0.590. The molecule has 0 spiro atoms. The Morgan fingerprint density at radius 2 is 2.19 bits per heavy atom. The zero-order chi connectivity index (χ0) is 11.9. The van der Waals surface area contributed by atoms with Crippen LogP contribution in [0.15, 0.2) is 4.79 Å². The van der Waals surface area contributed by atoms with Crippen molar-refractivity contribution in [2.45, 2.75) is 27.2 Å². The smallest absolute Gasteiger partial charge is 0.259 e. The highest BCUT2D eigenvalue weighted by atomic mass is 32.1. The average Bonchev–Trinajstić information content (AvgIpc) is 2.56. The van der Waals surface area contributed by atoms with Gasteiger partial charge in [-0.15, -0.1) is 11.3 Å². The Bertz CT molecular complexity index is 625. The van der Waals surface area contributed by atoms with Gasteiger partial charge in [-0.3, -0.25) is 9.59 Å². The maximum absolute atomic E-state index is 11.8. The molecule has 1 N–H and O–H groups in total. The molecule has 0 bridgehead atoms. The second kappa shape index (κ2) is 3.83. The van der Waals surface area contributed by atoms with E-state index in [4.69, 9.17) is 0 Å². The quantitative estimate of drug-likeness (QED) is 0.812. The summed E-state index contributed by atoms with van der Waals surface area (Å²) in [6.07, 6.45) is 0.678. The molecule has 0 fully saturated rings. The molecule has 0 saturated carbocycles. The molecule has 0 atom stereocenters. The van der Waals surface area contributed by atoms with Crippen LogP contribution >= 0.6 is 11.3 Å². The zero-order valence-corrected chi connectivity index (χ0v) is 10.2. The van der Waals surface area contributed by atoms with E-state index in [1.807, 2.05) is 6.92 Å². The van der Waals surface area contributed by atoms with E-state index >= 15 is 0 Å². The van der Waals surface area contributed by atoms with Crippen molar-refractivity contribution < 1.29 is 4.79 Å². The Morgan fingerprint density at radius 1 is 1.50 bits per heavy atom. The number of ketones is 1. The third-order valence-corrected chi connectivity index (χ3v) is 3.79. The number of aromatic nitrogens is 2. The maximum Gasteiger partial charge on any atom is 0.259 e. The third-order valence-electron chi connectivity index (χ3n) is 2.50. The lowest BCUT2D eigenvalue weighted by Crippen LogP contribution is -2.10. The lowest BCUT2D eigenvalue weighted by atomic mass is 10.2. The first-order valence-corrected chi connectivity index (χ1v) is 5.89. The number of nitrogens with zero attached hydrogens (tertiary/aromatic N) is 1. The Balaban J connectivity index is 2.86. The summed E-state index contributed by atoms with van der Waals surface area (Å²) in [6, 6.07) is 0. The Labute approximate surface area is 96.3 Å². The van der Waals surface area contributed by atoms with Gasteiger partial charge in [-0.2, -0.15) is 0 Å². The summed E-state index contributed by atoms with van der Waals surface area (Å²) in [5, 5.41) is 0.549. The minimum atomic E-state index is -0.150. The van der Waals surface area contributed by atoms with Gasteiger partial charge in [0.15, 0.2) is 5.78 Å². The molecule has 0 aliphatic rings. The first-order chi connectivity index (χ1) is 7.54. The molecule has 0 amide bonds. The van der Waals surface area contributed by atoms with Crippen LogP contribution in [-0.4, -0.2) is 15.8 Å². The number of H-pyrrole nitrogens is 1. The molecule has 0 radical (unpaired) electrons. The van der Waals surface area contributed by atoms with Crippen LogP contribution in [0.2, 0.25) is 0 Å². The molecule has 16 heavy (non-hydrogen) atoms. The minimum absolute atomic E-state index is 0.0158.